The molecule has 0 spiro atoms. The zero-order valence-corrected chi connectivity index (χ0v) is 19.4. The Hall–Kier alpha value is -4.62. The van der Waals surface area contributed by atoms with Crippen LogP contribution in [0.4, 0.5) is 5.88 Å². The van der Waals surface area contributed by atoms with Crippen LogP contribution in [0.25, 0.3) is 33.2 Å². The molecule has 0 N–H and O–H groups in total. The molecule has 1 heterocycles. The first-order valence-corrected chi connectivity index (χ1v) is 11.7. The van der Waals surface area contributed by atoms with Gasteiger partial charge in [0.15, 0.2) is 0 Å². The highest BCUT2D eigenvalue weighted by Crippen LogP contribution is 2.42. The summed E-state index contributed by atoms with van der Waals surface area (Å²) in [5.41, 5.74) is 3.81. The molecular weight excluding hydrogens is 432 g/mol. The fourth-order valence-electron chi connectivity index (χ4n) is 4.16. The quantitative estimate of drug-likeness (QED) is 0.232. The smallest absolute Gasteiger partial charge is 0.238 e. The molecular formula is C31H24N2O2. The van der Waals surface area contributed by atoms with Gasteiger partial charge in [-0.05, 0) is 28.8 Å². The van der Waals surface area contributed by atoms with E-state index in [9.17, 15) is 5.26 Å². The highest BCUT2D eigenvalue weighted by atomic mass is 16.5. The topological polar surface area (TPSA) is 58.5 Å². The van der Waals surface area contributed by atoms with E-state index in [0.29, 0.717) is 17.9 Å². The van der Waals surface area contributed by atoms with E-state index in [4.69, 9.17) is 14.1 Å². The molecule has 0 atom stereocenters. The van der Waals surface area contributed by atoms with Gasteiger partial charge in [-0.3, -0.25) is 0 Å². The number of fused-ring (bicyclic) bond motifs is 1. The normalized spacial score (nSPS) is 11.1. The summed E-state index contributed by atoms with van der Waals surface area (Å²) in [7, 11) is 0. The SMILES string of the molecule is CCCOc1ccc2ccccc2c1C=Nc1oc(-c2ccccc2)c(-c2ccccc2)c1C#N. The van der Waals surface area contributed by atoms with Crippen molar-refractivity contribution in [3.8, 4) is 34.3 Å². The van der Waals surface area contributed by atoms with Gasteiger partial charge in [-0.1, -0.05) is 97.9 Å². The van der Waals surface area contributed by atoms with Gasteiger partial charge in [-0.25, -0.2) is 4.99 Å². The van der Waals surface area contributed by atoms with Crippen LogP contribution in [0, 0.1) is 11.3 Å². The molecule has 0 radical (unpaired) electrons. The summed E-state index contributed by atoms with van der Waals surface area (Å²) >= 11 is 0. The molecule has 5 rings (SSSR count). The summed E-state index contributed by atoms with van der Waals surface area (Å²) in [6.07, 6.45) is 2.65. The lowest BCUT2D eigenvalue weighted by molar-refractivity contribution is 0.317. The molecule has 0 amide bonds. The lowest BCUT2D eigenvalue weighted by atomic mass is 9.98. The van der Waals surface area contributed by atoms with Crippen molar-refractivity contribution >= 4 is 22.9 Å². The summed E-state index contributed by atoms with van der Waals surface area (Å²) in [6.45, 7) is 2.69. The number of rotatable bonds is 7. The van der Waals surface area contributed by atoms with E-state index in [-0.39, 0.29) is 5.88 Å². The van der Waals surface area contributed by atoms with Gasteiger partial charge in [0, 0.05) is 22.9 Å². The van der Waals surface area contributed by atoms with Crippen LogP contribution >= 0.6 is 0 Å². The Kier molecular flexibility index (Phi) is 6.41. The molecule has 0 aliphatic heterocycles. The standard InChI is InChI=1S/C31H24N2O2/c1-2-19-34-28-18-17-22-11-9-10-16-25(22)27(28)21-33-31-26(20-32)29(23-12-5-3-6-13-23)30(35-31)24-14-7-4-8-15-24/h3-18,21H,2,19H2,1H3. The van der Waals surface area contributed by atoms with Gasteiger partial charge in [0.25, 0.3) is 0 Å². The first-order chi connectivity index (χ1) is 17.3. The Labute approximate surface area is 204 Å². The van der Waals surface area contributed by atoms with Crippen molar-refractivity contribution in [3.05, 3.63) is 108 Å². The Bertz CT molecular complexity index is 1530. The van der Waals surface area contributed by atoms with E-state index < -0.39 is 0 Å². The minimum Gasteiger partial charge on any atom is -0.493 e. The van der Waals surface area contributed by atoms with Crippen molar-refractivity contribution in [2.45, 2.75) is 13.3 Å². The maximum atomic E-state index is 10.2. The van der Waals surface area contributed by atoms with Crippen molar-refractivity contribution in [2.75, 3.05) is 6.61 Å². The molecule has 4 heteroatoms. The molecule has 0 saturated carbocycles. The lowest BCUT2D eigenvalue weighted by Gasteiger charge is -2.10. The van der Waals surface area contributed by atoms with Gasteiger partial charge < -0.3 is 9.15 Å². The third-order valence-corrected chi connectivity index (χ3v) is 5.80. The Morgan fingerprint density at radius 1 is 0.857 bits per heavy atom. The number of aliphatic imine (C=N–C) groups is 1. The number of benzene rings is 4. The van der Waals surface area contributed by atoms with Crippen molar-refractivity contribution < 1.29 is 9.15 Å². The molecule has 0 aliphatic rings. The average Bonchev–Trinajstić information content (AvgIpc) is 3.30. The van der Waals surface area contributed by atoms with Gasteiger partial charge in [-0.2, -0.15) is 5.26 Å². The fourth-order valence-corrected chi connectivity index (χ4v) is 4.16. The maximum Gasteiger partial charge on any atom is 0.238 e. The van der Waals surface area contributed by atoms with E-state index in [0.717, 1.165) is 45.2 Å². The van der Waals surface area contributed by atoms with Gasteiger partial charge >= 0.3 is 0 Å². The molecule has 0 fully saturated rings. The molecule has 0 bridgehead atoms. The van der Waals surface area contributed by atoms with E-state index in [1.165, 1.54) is 0 Å². The minimum absolute atomic E-state index is 0.277. The second-order valence-electron chi connectivity index (χ2n) is 8.14. The van der Waals surface area contributed by atoms with Gasteiger partial charge in [0.2, 0.25) is 5.88 Å². The van der Waals surface area contributed by atoms with Crippen LogP contribution in [0.15, 0.2) is 106 Å². The molecule has 4 aromatic carbocycles. The van der Waals surface area contributed by atoms with Crippen LogP contribution in [0.3, 0.4) is 0 Å². The molecule has 0 unspecified atom stereocenters. The van der Waals surface area contributed by atoms with Crippen LogP contribution in [-0.2, 0) is 0 Å². The third kappa shape index (κ3) is 4.45. The monoisotopic (exact) mass is 456 g/mol. The zero-order valence-electron chi connectivity index (χ0n) is 19.4. The van der Waals surface area contributed by atoms with Crippen LogP contribution in [0.2, 0.25) is 0 Å². The van der Waals surface area contributed by atoms with E-state index in [1.54, 1.807) is 6.21 Å². The third-order valence-electron chi connectivity index (χ3n) is 5.80. The predicted molar refractivity (Wildman–Crippen MR) is 141 cm³/mol. The summed E-state index contributed by atoms with van der Waals surface area (Å²) in [5.74, 6) is 1.66. The number of ether oxygens (including phenoxy) is 1. The van der Waals surface area contributed by atoms with E-state index >= 15 is 0 Å². The van der Waals surface area contributed by atoms with Crippen molar-refractivity contribution in [3.63, 3.8) is 0 Å². The number of nitriles is 1. The molecule has 0 saturated heterocycles. The summed E-state index contributed by atoms with van der Waals surface area (Å²) in [4.78, 5) is 4.70. The van der Waals surface area contributed by atoms with Crippen molar-refractivity contribution in [1.82, 2.24) is 0 Å². The number of hydrogen-bond acceptors (Lipinski definition) is 4. The molecule has 4 nitrogen and oxygen atoms in total. The van der Waals surface area contributed by atoms with Crippen molar-refractivity contribution in [1.29, 1.82) is 5.26 Å². The summed E-state index contributed by atoms with van der Waals surface area (Å²) < 4.78 is 12.3. The highest BCUT2D eigenvalue weighted by Gasteiger charge is 2.22. The zero-order chi connectivity index (χ0) is 24.0. The number of furan rings is 1. The highest BCUT2D eigenvalue weighted by molar-refractivity contribution is 6.03. The van der Waals surface area contributed by atoms with Crippen LogP contribution < -0.4 is 4.74 Å². The Balaban J connectivity index is 1.68. The van der Waals surface area contributed by atoms with Gasteiger partial charge in [0.05, 0.1) is 6.61 Å². The molecule has 1 aromatic heterocycles. The maximum absolute atomic E-state index is 10.2. The fraction of sp³-hybridized carbons (Fsp3) is 0.0968. The largest absolute Gasteiger partial charge is 0.493 e. The second kappa shape index (κ2) is 10.1. The first-order valence-electron chi connectivity index (χ1n) is 11.7. The molecule has 0 aliphatic carbocycles. The van der Waals surface area contributed by atoms with E-state index in [1.807, 2.05) is 91.0 Å². The summed E-state index contributed by atoms with van der Waals surface area (Å²) in [5, 5.41) is 12.3. The molecule has 5 aromatic rings. The Morgan fingerprint density at radius 2 is 1.54 bits per heavy atom. The van der Waals surface area contributed by atoms with Crippen LogP contribution in [0.1, 0.15) is 24.5 Å². The second-order valence-corrected chi connectivity index (χ2v) is 8.14. The van der Waals surface area contributed by atoms with Gasteiger partial charge in [0.1, 0.15) is 23.1 Å². The minimum atomic E-state index is 0.277. The number of nitrogens with zero attached hydrogens (tertiary/aromatic N) is 2. The van der Waals surface area contributed by atoms with Gasteiger partial charge in [-0.15, -0.1) is 0 Å². The van der Waals surface area contributed by atoms with Crippen molar-refractivity contribution in [2.24, 2.45) is 4.99 Å². The van der Waals surface area contributed by atoms with E-state index in [2.05, 4.69) is 19.1 Å². The number of hydrogen-bond donors (Lipinski definition) is 0. The lowest BCUT2D eigenvalue weighted by Crippen LogP contribution is -1.99. The van der Waals surface area contributed by atoms with Crippen LogP contribution in [0.5, 0.6) is 5.75 Å². The average molecular weight is 457 g/mol. The van der Waals surface area contributed by atoms with Crippen LogP contribution in [-0.4, -0.2) is 12.8 Å². The summed E-state index contributed by atoms with van der Waals surface area (Å²) in [6, 6.07) is 34.1. The predicted octanol–water partition coefficient (Wildman–Crippen LogP) is 8.18. The molecule has 170 valence electrons. The Morgan fingerprint density at radius 3 is 2.26 bits per heavy atom. The first kappa shape index (κ1) is 22.2. The molecule has 35 heavy (non-hydrogen) atoms.